The molecule has 1 aromatic heterocycles. The number of carbonyl (C=O) groups excluding carboxylic acids is 2. The molecule has 3 amide bonds. The topological polar surface area (TPSA) is 133 Å². The number of ether oxygens (including phenoxy) is 1. The molecule has 1 saturated heterocycles. The van der Waals surface area contributed by atoms with Crippen LogP contribution >= 0.6 is 11.3 Å². The average molecular weight is 469 g/mol. The normalized spacial score (nSPS) is 14.4. The van der Waals surface area contributed by atoms with Crippen LogP contribution in [0.15, 0.2) is 34.5 Å². The summed E-state index contributed by atoms with van der Waals surface area (Å²) in [6, 6.07) is 5.69. The Bertz CT molecular complexity index is 1030. The summed E-state index contributed by atoms with van der Waals surface area (Å²) in [6.45, 7) is 2.60. The van der Waals surface area contributed by atoms with Gasteiger partial charge in [0.2, 0.25) is 10.0 Å². The maximum atomic E-state index is 12.4. The second-order valence-electron chi connectivity index (χ2n) is 6.77. The van der Waals surface area contributed by atoms with Crippen molar-refractivity contribution in [1.82, 2.24) is 25.5 Å². The third-order valence-corrected chi connectivity index (χ3v) is 7.28. The van der Waals surface area contributed by atoms with E-state index in [-0.39, 0.29) is 17.1 Å². The number of hydrogen-bond donors (Lipinski definition) is 3. The molecular weight excluding hydrogens is 444 g/mol. The lowest BCUT2D eigenvalue weighted by molar-refractivity contribution is 0.0932. The van der Waals surface area contributed by atoms with E-state index in [0.717, 1.165) is 9.44 Å². The van der Waals surface area contributed by atoms with Gasteiger partial charge in [0.25, 0.3) is 5.91 Å². The summed E-state index contributed by atoms with van der Waals surface area (Å²) < 4.78 is 31.2. The third kappa shape index (κ3) is 5.70. The van der Waals surface area contributed by atoms with Gasteiger partial charge < -0.3 is 15.0 Å². The highest BCUT2D eigenvalue weighted by Crippen LogP contribution is 2.21. The van der Waals surface area contributed by atoms with Crippen molar-refractivity contribution in [1.29, 1.82) is 0 Å². The van der Waals surface area contributed by atoms with E-state index < -0.39 is 22.0 Å². The Hall–Kier alpha value is -2.74. The fourth-order valence-electron chi connectivity index (χ4n) is 2.76. The summed E-state index contributed by atoms with van der Waals surface area (Å²) in [5.41, 5.74) is 5.14. The van der Waals surface area contributed by atoms with Crippen molar-refractivity contribution in [2.24, 2.45) is 0 Å². The molecule has 1 aliphatic heterocycles. The Morgan fingerprint density at radius 2 is 1.90 bits per heavy atom. The molecule has 0 saturated carbocycles. The lowest BCUT2D eigenvalue weighted by atomic mass is 10.2. The van der Waals surface area contributed by atoms with Crippen molar-refractivity contribution >= 4 is 38.4 Å². The Labute approximate surface area is 184 Å². The van der Waals surface area contributed by atoms with Crippen LogP contribution in [0.1, 0.15) is 16.1 Å². The maximum Gasteiger partial charge on any atom is 0.333 e. The van der Waals surface area contributed by atoms with Crippen molar-refractivity contribution in [2.45, 2.75) is 11.4 Å². The zero-order valence-corrected chi connectivity index (χ0v) is 18.8. The number of amides is 3. The van der Waals surface area contributed by atoms with Gasteiger partial charge in [-0.2, -0.15) is 0 Å². The molecule has 2 aromatic rings. The SMILES string of the molecule is CN(C)S(=O)(=O)c1ccccc1CNC(=O)NNC(=O)c1csc(N2CCOCC2)n1. The number of rotatable bonds is 6. The van der Waals surface area contributed by atoms with Gasteiger partial charge >= 0.3 is 6.03 Å². The predicted molar refractivity (Wildman–Crippen MR) is 115 cm³/mol. The molecule has 1 aromatic carbocycles. The largest absolute Gasteiger partial charge is 0.378 e. The lowest BCUT2D eigenvalue weighted by Crippen LogP contribution is -2.46. The summed E-state index contributed by atoms with van der Waals surface area (Å²) in [7, 11) is -0.781. The van der Waals surface area contributed by atoms with Gasteiger partial charge in [0.15, 0.2) is 5.13 Å². The Morgan fingerprint density at radius 3 is 2.61 bits per heavy atom. The number of carbonyl (C=O) groups is 2. The van der Waals surface area contributed by atoms with E-state index in [0.29, 0.717) is 31.9 Å². The van der Waals surface area contributed by atoms with Crippen molar-refractivity contribution in [3.05, 3.63) is 40.9 Å². The van der Waals surface area contributed by atoms with Gasteiger partial charge in [-0.15, -0.1) is 11.3 Å². The first-order valence-electron chi connectivity index (χ1n) is 9.42. The molecule has 0 spiro atoms. The molecule has 1 aliphatic rings. The molecular formula is C18H24N6O5S2. The minimum atomic E-state index is -3.65. The molecule has 0 radical (unpaired) electrons. The number of hydrazine groups is 1. The van der Waals surface area contributed by atoms with Gasteiger partial charge in [0, 0.05) is 39.1 Å². The van der Waals surface area contributed by atoms with Crippen LogP contribution in [0.5, 0.6) is 0 Å². The molecule has 31 heavy (non-hydrogen) atoms. The third-order valence-electron chi connectivity index (χ3n) is 4.47. The van der Waals surface area contributed by atoms with E-state index in [1.807, 2.05) is 4.90 Å². The van der Waals surface area contributed by atoms with Crippen molar-refractivity contribution < 1.29 is 22.7 Å². The standard InChI is InChI=1S/C18H24N6O5S2/c1-23(2)31(27,28)15-6-4-3-5-13(15)11-19-17(26)22-21-16(25)14-12-30-18(20-14)24-7-9-29-10-8-24/h3-6,12H,7-11H2,1-2H3,(H,21,25)(H2,19,22,26). The molecule has 0 aliphatic carbocycles. The fourth-order valence-corrected chi connectivity index (χ4v) is 4.74. The maximum absolute atomic E-state index is 12.4. The summed E-state index contributed by atoms with van der Waals surface area (Å²) in [5, 5.41) is 4.86. The van der Waals surface area contributed by atoms with Gasteiger partial charge in [-0.3, -0.25) is 10.2 Å². The molecule has 0 unspecified atom stereocenters. The summed E-state index contributed by atoms with van der Waals surface area (Å²) in [6.07, 6.45) is 0. The Balaban J connectivity index is 1.52. The number of anilines is 1. The van der Waals surface area contributed by atoms with E-state index in [4.69, 9.17) is 4.74 Å². The molecule has 168 valence electrons. The molecule has 3 rings (SSSR count). The van der Waals surface area contributed by atoms with Gasteiger partial charge in [-0.25, -0.2) is 27.9 Å². The number of nitrogens with one attached hydrogen (secondary N) is 3. The van der Waals surface area contributed by atoms with Gasteiger partial charge in [-0.1, -0.05) is 18.2 Å². The zero-order valence-electron chi connectivity index (χ0n) is 17.1. The minimum absolute atomic E-state index is 0.0389. The second-order valence-corrected chi connectivity index (χ2v) is 9.73. The van der Waals surface area contributed by atoms with Crippen molar-refractivity contribution in [2.75, 3.05) is 45.3 Å². The molecule has 11 nitrogen and oxygen atoms in total. The summed E-state index contributed by atoms with van der Waals surface area (Å²) >= 11 is 1.34. The zero-order chi connectivity index (χ0) is 22.4. The second kappa shape index (κ2) is 10.0. The van der Waals surface area contributed by atoms with Gasteiger partial charge in [-0.05, 0) is 11.6 Å². The first kappa shape index (κ1) is 22.9. The van der Waals surface area contributed by atoms with E-state index in [2.05, 4.69) is 21.2 Å². The minimum Gasteiger partial charge on any atom is -0.378 e. The fraction of sp³-hybridized carbons (Fsp3) is 0.389. The first-order chi connectivity index (χ1) is 14.8. The van der Waals surface area contributed by atoms with Crippen LogP contribution in [0.2, 0.25) is 0 Å². The van der Waals surface area contributed by atoms with E-state index in [1.54, 1.807) is 23.6 Å². The quantitative estimate of drug-likeness (QED) is 0.522. The van der Waals surface area contributed by atoms with E-state index in [1.165, 1.54) is 31.5 Å². The highest BCUT2D eigenvalue weighted by molar-refractivity contribution is 7.89. The number of sulfonamides is 1. The van der Waals surface area contributed by atoms with Crippen LogP contribution in [0.3, 0.4) is 0 Å². The summed E-state index contributed by atoms with van der Waals surface area (Å²) in [5.74, 6) is -0.554. The van der Waals surface area contributed by atoms with Gasteiger partial charge in [0.1, 0.15) is 5.69 Å². The van der Waals surface area contributed by atoms with Crippen LogP contribution < -0.4 is 21.1 Å². The highest BCUT2D eigenvalue weighted by Gasteiger charge is 2.21. The average Bonchev–Trinajstić information content (AvgIpc) is 3.27. The Morgan fingerprint density at radius 1 is 1.19 bits per heavy atom. The molecule has 0 atom stereocenters. The number of urea groups is 1. The molecule has 1 fully saturated rings. The van der Waals surface area contributed by atoms with E-state index in [9.17, 15) is 18.0 Å². The van der Waals surface area contributed by atoms with Crippen LogP contribution in [0.25, 0.3) is 0 Å². The van der Waals surface area contributed by atoms with Crippen molar-refractivity contribution in [3.63, 3.8) is 0 Å². The summed E-state index contributed by atoms with van der Waals surface area (Å²) in [4.78, 5) is 30.7. The number of aromatic nitrogens is 1. The number of benzene rings is 1. The number of morpholine rings is 1. The number of nitrogens with zero attached hydrogens (tertiary/aromatic N) is 3. The smallest absolute Gasteiger partial charge is 0.333 e. The van der Waals surface area contributed by atoms with E-state index >= 15 is 0 Å². The Kier molecular flexibility index (Phi) is 7.43. The first-order valence-corrected chi connectivity index (χ1v) is 11.7. The molecule has 0 bridgehead atoms. The van der Waals surface area contributed by atoms with Crippen LogP contribution in [-0.4, -0.2) is 70.0 Å². The predicted octanol–water partition coefficient (Wildman–Crippen LogP) is 0.374. The number of thiazole rings is 1. The monoisotopic (exact) mass is 468 g/mol. The van der Waals surface area contributed by atoms with Gasteiger partial charge in [0.05, 0.1) is 18.1 Å². The lowest BCUT2D eigenvalue weighted by Gasteiger charge is -2.25. The number of hydrogen-bond acceptors (Lipinski definition) is 8. The van der Waals surface area contributed by atoms with Crippen LogP contribution in [0.4, 0.5) is 9.93 Å². The molecule has 3 N–H and O–H groups in total. The highest BCUT2D eigenvalue weighted by atomic mass is 32.2. The van der Waals surface area contributed by atoms with Crippen LogP contribution in [-0.2, 0) is 21.3 Å². The molecule has 13 heteroatoms. The van der Waals surface area contributed by atoms with Crippen LogP contribution in [0, 0.1) is 0 Å². The van der Waals surface area contributed by atoms with Crippen molar-refractivity contribution in [3.8, 4) is 0 Å². The molecule has 2 heterocycles.